The molecule has 184 valence electrons. The first kappa shape index (κ1) is 22.0. The number of rotatable bonds is 2. The molecule has 6 aromatic rings. The highest BCUT2D eigenvalue weighted by Gasteiger charge is 2.51. The second-order valence-electron chi connectivity index (χ2n) is 10.0. The van der Waals surface area contributed by atoms with Gasteiger partial charge in [0.25, 0.3) is 0 Å². The molecule has 0 N–H and O–H groups in total. The molecule has 2 aliphatic rings. The van der Waals surface area contributed by atoms with Gasteiger partial charge in [-0.05, 0) is 23.3 Å². The number of hydrogen-bond donors (Lipinski definition) is 0. The van der Waals surface area contributed by atoms with E-state index in [0.717, 1.165) is 67.5 Å². The van der Waals surface area contributed by atoms with Gasteiger partial charge in [0.05, 0.1) is 5.41 Å². The molecule has 0 saturated carbocycles. The molecular weight excluding hydrogens is 476 g/mol. The highest BCUT2D eigenvalue weighted by Crippen LogP contribution is 2.63. The fourth-order valence-electron chi connectivity index (χ4n) is 6.40. The van der Waals surface area contributed by atoms with Crippen molar-refractivity contribution in [3.8, 4) is 45.3 Å². The predicted octanol–water partition coefficient (Wildman–Crippen LogP) is 9.61. The van der Waals surface area contributed by atoms with Crippen molar-refractivity contribution in [2.75, 3.05) is 0 Å². The van der Waals surface area contributed by atoms with Gasteiger partial charge in [-0.25, -0.2) is 0 Å². The average molecular weight is 501 g/mol. The zero-order valence-corrected chi connectivity index (χ0v) is 21.2. The Labute approximate surface area is 227 Å². The minimum atomic E-state index is -0.621. The van der Waals surface area contributed by atoms with Gasteiger partial charge in [0.15, 0.2) is 0 Å². The summed E-state index contributed by atoms with van der Waals surface area (Å²) in [6.45, 7) is 0. The molecule has 0 radical (unpaired) electrons. The first-order chi connectivity index (χ1) is 19.4. The van der Waals surface area contributed by atoms with Crippen LogP contribution in [0.3, 0.4) is 0 Å². The predicted molar refractivity (Wildman–Crippen MR) is 156 cm³/mol. The molecule has 0 fully saturated rings. The molecular formula is C37H24O2. The number of para-hydroxylation sites is 4. The first-order valence-electron chi connectivity index (χ1n) is 13.3. The van der Waals surface area contributed by atoms with Gasteiger partial charge in [0.2, 0.25) is 0 Å². The lowest BCUT2D eigenvalue weighted by atomic mass is 9.61. The van der Waals surface area contributed by atoms with Crippen molar-refractivity contribution in [2.24, 2.45) is 0 Å². The molecule has 0 atom stereocenters. The first-order valence-corrected chi connectivity index (χ1v) is 13.3. The summed E-state index contributed by atoms with van der Waals surface area (Å²) < 4.78 is 13.6. The molecule has 0 amide bonds. The van der Waals surface area contributed by atoms with Crippen molar-refractivity contribution in [1.82, 2.24) is 0 Å². The van der Waals surface area contributed by atoms with Crippen molar-refractivity contribution >= 4 is 0 Å². The summed E-state index contributed by atoms with van der Waals surface area (Å²) in [5.41, 5.74) is 8.23. The maximum absolute atomic E-state index is 7.07. The van der Waals surface area contributed by atoms with Crippen LogP contribution in [0.15, 0.2) is 146 Å². The molecule has 0 aromatic heterocycles. The Morgan fingerprint density at radius 3 is 1.23 bits per heavy atom. The summed E-state index contributed by atoms with van der Waals surface area (Å²) in [4.78, 5) is 0. The summed E-state index contributed by atoms with van der Waals surface area (Å²) in [7, 11) is 0. The van der Waals surface area contributed by atoms with E-state index in [2.05, 4.69) is 133 Å². The van der Waals surface area contributed by atoms with E-state index in [1.807, 2.05) is 12.1 Å². The van der Waals surface area contributed by atoms with Crippen molar-refractivity contribution in [1.29, 1.82) is 0 Å². The third kappa shape index (κ3) is 3.09. The molecule has 2 heteroatoms. The van der Waals surface area contributed by atoms with E-state index in [4.69, 9.17) is 9.47 Å². The number of ether oxygens (including phenoxy) is 2. The van der Waals surface area contributed by atoms with Crippen LogP contribution in [0.4, 0.5) is 0 Å². The zero-order valence-electron chi connectivity index (χ0n) is 21.2. The highest BCUT2D eigenvalue weighted by atomic mass is 16.5. The van der Waals surface area contributed by atoms with Crippen LogP contribution < -0.4 is 9.47 Å². The third-order valence-electron chi connectivity index (χ3n) is 8.01. The molecule has 0 saturated heterocycles. The van der Waals surface area contributed by atoms with Crippen LogP contribution in [-0.2, 0) is 5.41 Å². The molecule has 2 nitrogen and oxygen atoms in total. The van der Waals surface area contributed by atoms with Crippen molar-refractivity contribution in [2.45, 2.75) is 5.41 Å². The highest BCUT2D eigenvalue weighted by molar-refractivity contribution is 5.85. The van der Waals surface area contributed by atoms with E-state index in [-0.39, 0.29) is 0 Å². The van der Waals surface area contributed by atoms with Crippen LogP contribution in [-0.4, -0.2) is 0 Å². The Morgan fingerprint density at radius 1 is 0.333 bits per heavy atom. The van der Waals surface area contributed by atoms with Crippen molar-refractivity contribution < 1.29 is 9.47 Å². The molecule has 0 unspecified atom stereocenters. The van der Waals surface area contributed by atoms with Gasteiger partial charge in [-0.15, -0.1) is 0 Å². The van der Waals surface area contributed by atoms with Crippen LogP contribution >= 0.6 is 0 Å². The summed E-state index contributed by atoms with van der Waals surface area (Å²) >= 11 is 0. The van der Waals surface area contributed by atoms with Crippen LogP contribution in [0.5, 0.6) is 23.0 Å². The second kappa shape index (κ2) is 8.47. The van der Waals surface area contributed by atoms with Crippen molar-refractivity contribution in [3.63, 3.8) is 0 Å². The zero-order chi connectivity index (χ0) is 25.8. The summed E-state index contributed by atoms with van der Waals surface area (Å²) in [5, 5.41) is 0. The molecule has 0 aliphatic carbocycles. The molecule has 6 aromatic carbocycles. The fourth-order valence-corrected chi connectivity index (χ4v) is 6.40. The van der Waals surface area contributed by atoms with Gasteiger partial charge in [0.1, 0.15) is 23.0 Å². The maximum Gasteiger partial charge on any atom is 0.140 e. The monoisotopic (exact) mass is 500 g/mol. The summed E-state index contributed by atoms with van der Waals surface area (Å²) in [5.74, 6) is 3.49. The van der Waals surface area contributed by atoms with Gasteiger partial charge in [-0.2, -0.15) is 0 Å². The van der Waals surface area contributed by atoms with E-state index in [9.17, 15) is 0 Å². The Hall–Kier alpha value is -5.08. The van der Waals surface area contributed by atoms with E-state index in [0.29, 0.717) is 0 Å². The summed E-state index contributed by atoms with van der Waals surface area (Å²) in [6, 6.07) is 50.9. The minimum absolute atomic E-state index is 0.621. The average Bonchev–Trinajstić information content (AvgIpc) is 3.01. The van der Waals surface area contributed by atoms with E-state index < -0.39 is 5.41 Å². The molecule has 39 heavy (non-hydrogen) atoms. The standard InChI is InChI=1S/C37H24O2/c1-3-13-25(14-4-1)27-17-11-21-31-35(27)39-36-28(26-15-5-2-6-16-26)18-12-22-32(36)37(31)29-19-7-9-23-33(29)38-34-24-10-8-20-30(34)37/h1-24H. The van der Waals surface area contributed by atoms with Gasteiger partial charge >= 0.3 is 0 Å². The van der Waals surface area contributed by atoms with E-state index in [1.165, 1.54) is 0 Å². The quantitative estimate of drug-likeness (QED) is 0.235. The SMILES string of the molecule is c1ccc(-c2cccc3c2Oc2c(-c4ccccc4)cccc2C32c3ccccc3Oc3ccccc32)cc1. The smallest absolute Gasteiger partial charge is 0.140 e. The Bertz CT molecular complexity index is 1720. The second-order valence-corrected chi connectivity index (χ2v) is 10.0. The van der Waals surface area contributed by atoms with Gasteiger partial charge in [-0.3, -0.25) is 0 Å². The molecule has 8 rings (SSSR count). The Morgan fingerprint density at radius 2 is 0.744 bits per heavy atom. The lowest BCUT2D eigenvalue weighted by molar-refractivity contribution is 0.401. The lowest BCUT2D eigenvalue weighted by Gasteiger charge is -2.45. The molecule has 2 aliphatic heterocycles. The van der Waals surface area contributed by atoms with E-state index in [1.54, 1.807) is 0 Å². The third-order valence-corrected chi connectivity index (χ3v) is 8.01. The minimum Gasteiger partial charge on any atom is -0.457 e. The van der Waals surface area contributed by atoms with Crippen LogP contribution in [0.1, 0.15) is 22.3 Å². The Kier molecular flexibility index (Phi) is 4.77. The topological polar surface area (TPSA) is 18.5 Å². The van der Waals surface area contributed by atoms with Crippen LogP contribution in [0, 0.1) is 0 Å². The number of fused-ring (bicyclic) bond motifs is 8. The Balaban J connectivity index is 1.56. The van der Waals surface area contributed by atoms with E-state index >= 15 is 0 Å². The van der Waals surface area contributed by atoms with Crippen LogP contribution in [0.25, 0.3) is 22.3 Å². The van der Waals surface area contributed by atoms with Gasteiger partial charge in [-0.1, -0.05) is 133 Å². The molecule has 1 spiro atoms. The van der Waals surface area contributed by atoms with Gasteiger partial charge < -0.3 is 9.47 Å². The molecule has 2 heterocycles. The number of benzene rings is 6. The maximum atomic E-state index is 7.07. The fraction of sp³-hybridized carbons (Fsp3) is 0.0270. The van der Waals surface area contributed by atoms with Crippen LogP contribution in [0.2, 0.25) is 0 Å². The van der Waals surface area contributed by atoms with Gasteiger partial charge in [0, 0.05) is 33.4 Å². The lowest BCUT2D eigenvalue weighted by Crippen LogP contribution is -2.37. The molecule has 0 bridgehead atoms. The van der Waals surface area contributed by atoms with Crippen molar-refractivity contribution in [3.05, 3.63) is 168 Å². The summed E-state index contributed by atoms with van der Waals surface area (Å²) in [6.07, 6.45) is 0. The normalized spacial score (nSPS) is 13.7. The number of hydrogen-bond acceptors (Lipinski definition) is 2. The largest absolute Gasteiger partial charge is 0.457 e.